The number of unbranched alkanes of at least 4 members (excludes halogenated alkanes) is 1. The van der Waals surface area contributed by atoms with Crippen LogP contribution >= 0.6 is 11.3 Å². The third-order valence-electron chi connectivity index (χ3n) is 4.91. The van der Waals surface area contributed by atoms with Gasteiger partial charge in [0.2, 0.25) is 0 Å². The van der Waals surface area contributed by atoms with Crippen molar-refractivity contribution < 1.29 is 5.11 Å². The van der Waals surface area contributed by atoms with Gasteiger partial charge >= 0.3 is 0 Å². The van der Waals surface area contributed by atoms with Gasteiger partial charge in [0.05, 0.1) is 10.3 Å². The lowest BCUT2D eigenvalue weighted by molar-refractivity contribution is 0.290. The molecule has 6 nitrogen and oxygen atoms in total. The summed E-state index contributed by atoms with van der Waals surface area (Å²) >= 11 is 1.57. The molecule has 0 aliphatic rings. The SMILES string of the molecule is NC(CNc1nc(-c2ccncc2)nc2c(C#CCCCO)csc12)Cc1ccccc1. The number of nitrogens with zero attached hydrogens (tertiary/aromatic N) is 3. The van der Waals surface area contributed by atoms with Crippen molar-refractivity contribution in [2.45, 2.75) is 25.3 Å². The first-order valence-electron chi connectivity index (χ1n) is 10.6. The molecule has 0 aliphatic carbocycles. The number of nitrogens with one attached hydrogen (secondary N) is 1. The van der Waals surface area contributed by atoms with E-state index in [1.165, 1.54) is 5.56 Å². The molecule has 1 unspecified atom stereocenters. The highest BCUT2D eigenvalue weighted by atomic mass is 32.1. The number of nitrogens with two attached hydrogens (primary N) is 1. The van der Waals surface area contributed by atoms with Crippen LogP contribution < -0.4 is 11.1 Å². The van der Waals surface area contributed by atoms with Gasteiger partial charge in [-0.1, -0.05) is 42.2 Å². The molecular formula is C25H25N5OS. The number of hydrogen-bond acceptors (Lipinski definition) is 7. The Morgan fingerprint density at radius 3 is 2.69 bits per heavy atom. The number of anilines is 1. The van der Waals surface area contributed by atoms with Gasteiger partial charge in [-0.2, -0.15) is 0 Å². The Bertz CT molecular complexity index is 1220. The number of aliphatic hydroxyl groups is 1. The molecule has 4 N–H and O–H groups in total. The van der Waals surface area contributed by atoms with E-state index < -0.39 is 0 Å². The summed E-state index contributed by atoms with van der Waals surface area (Å²) in [4.78, 5) is 13.7. The fraction of sp³-hybridized carbons (Fsp3) is 0.240. The highest BCUT2D eigenvalue weighted by molar-refractivity contribution is 7.18. The third kappa shape index (κ3) is 5.48. The van der Waals surface area contributed by atoms with Crippen molar-refractivity contribution in [3.05, 3.63) is 71.4 Å². The Hall–Kier alpha value is -3.31. The Balaban J connectivity index is 1.62. The fourth-order valence-corrected chi connectivity index (χ4v) is 4.20. The molecule has 0 aliphatic heterocycles. The second-order valence-corrected chi connectivity index (χ2v) is 8.30. The largest absolute Gasteiger partial charge is 0.396 e. The van der Waals surface area contributed by atoms with E-state index in [0.29, 0.717) is 25.2 Å². The molecule has 32 heavy (non-hydrogen) atoms. The third-order valence-corrected chi connectivity index (χ3v) is 5.89. The van der Waals surface area contributed by atoms with Gasteiger partial charge in [0.25, 0.3) is 0 Å². The van der Waals surface area contributed by atoms with Crippen LogP contribution in [0.3, 0.4) is 0 Å². The molecule has 0 saturated heterocycles. The number of hydrogen-bond donors (Lipinski definition) is 3. The number of benzene rings is 1. The van der Waals surface area contributed by atoms with Crippen molar-refractivity contribution >= 4 is 27.4 Å². The average Bonchev–Trinajstić information content (AvgIpc) is 3.24. The van der Waals surface area contributed by atoms with E-state index in [-0.39, 0.29) is 12.6 Å². The summed E-state index contributed by atoms with van der Waals surface area (Å²) in [5.74, 6) is 7.71. The van der Waals surface area contributed by atoms with E-state index in [4.69, 9.17) is 20.8 Å². The summed E-state index contributed by atoms with van der Waals surface area (Å²) in [6.45, 7) is 0.733. The van der Waals surface area contributed by atoms with Crippen molar-refractivity contribution in [3.63, 3.8) is 0 Å². The quantitative estimate of drug-likeness (QED) is 0.283. The topological polar surface area (TPSA) is 97.0 Å². The summed E-state index contributed by atoms with van der Waals surface area (Å²) in [6, 6.07) is 14.0. The number of thiophene rings is 1. The zero-order chi connectivity index (χ0) is 22.2. The minimum absolute atomic E-state index is 0.0514. The van der Waals surface area contributed by atoms with Gasteiger partial charge in [0.1, 0.15) is 11.3 Å². The highest BCUT2D eigenvalue weighted by Gasteiger charge is 2.15. The zero-order valence-electron chi connectivity index (χ0n) is 17.7. The lowest BCUT2D eigenvalue weighted by Gasteiger charge is -2.14. The van der Waals surface area contributed by atoms with Crippen LogP contribution in [0.2, 0.25) is 0 Å². The molecule has 0 bridgehead atoms. The minimum atomic E-state index is -0.0514. The first-order valence-corrected chi connectivity index (χ1v) is 11.5. The Morgan fingerprint density at radius 1 is 1.09 bits per heavy atom. The van der Waals surface area contributed by atoms with Gasteiger partial charge < -0.3 is 16.2 Å². The second-order valence-electron chi connectivity index (χ2n) is 7.42. The Labute approximate surface area is 191 Å². The van der Waals surface area contributed by atoms with Gasteiger partial charge in [0, 0.05) is 49.0 Å². The van der Waals surface area contributed by atoms with E-state index in [2.05, 4.69) is 34.3 Å². The second kappa shape index (κ2) is 10.8. The molecule has 1 atom stereocenters. The van der Waals surface area contributed by atoms with Crippen molar-refractivity contribution in [2.75, 3.05) is 18.5 Å². The predicted octanol–water partition coefficient (Wildman–Crippen LogP) is 3.86. The summed E-state index contributed by atoms with van der Waals surface area (Å²) in [7, 11) is 0. The molecule has 7 heteroatoms. The van der Waals surface area contributed by atoms with E-state index in [0.717, 1.165) is 33.6 Å². The summed E-state index contributed by atoms with van der Waals surface area (Å²) in [5, 5.41) is 14.4. The Kier molecular flexibility index (Phi) is 7.41. The lowest BCUT2D eigenvalue weighted by Crippen LogP contribution is -2.31. The van der Waals surface area contributed by atoms with E-state index >= 15 is 0 Å². The van der Waals surface area contributed by atoms with E-state index in [9.17, 15) is 0 Å². The van der Waals surface area contributed by atoms with Crippen molar-refractivity contribution in [1.29, 1.82) is 0 Å². The van der Waals surface area contributed by atoms with Crippen LogP contribution in [0.5, 0.6) is 0 Å². The van der Waals surface area contributed by atoms with Gasteiger partial charge in [-0.25, -0.2) is 9.97 Å². The molecule has 162 valence electrons. The Morgan fingerprint density at radius 2 is 1.91 bits per heavy atom. The molecule has 3 heterocycles. The number of rotatable bonds is 8. The van der Waals surface area contributed by atoms with Crippen molar-refractivity contribution in [2.24, 2.45) is 5.73 Å². The van der Waals surface area contributed by atoms with Crippen LogP contribution in [-0.2, 0) is 6.42 Å². The standard InChI is InChI=1S/C25H25N5OS/c26-21(15-18-7-3-1-4-8-18)16-28-25-23-22(20(17-32-23)9-5-2-6-14-31)29-24(30-25)19-10-12-27-13-11-19/h1,3-4,7-8,10-13,17,21,31H,2,6,14-16,26H2,(H,28,29,30). The van der Waals surface area contributed by atoms with Crippen LogP contribution in [0.25, 0.3) is 21.6 Å². The van der Waals surface area contributed by atoms with E-state index in [1.54, 1.807) is 23.7 Å². The molecule has 0 fully saturated rings. The van der Waals surface area contributed by atoms with Crippen LogP contribution in [0, 0.1) is 11.8 Å². The molecule has 0 saturated carbocycles. The molecule has 0 spiro atoms. The van der Waals surface area contributed by atoms with Gasteiger partial charge in [-0.3, -0.25) is 4.98 Å². The van der Waals surface area contributed by atoms with Gasteiger partial charge in [-0.15, -0.1) is 11.3 Å². The molecule has 3 aromatic heterocycles. The summed E-state index contributed by atoms with van der Waals surface area (Å²) in [6.07, 6.45) is 5.56. The van der Waals surface area contributed by atoms with Crippen LogP contribution in [0.1, 0.15) is 24.0 Å². The number of fused-ring (bicyclic) bond motifs is 1. The normalized spacial score (nSPS) is 11.7. The van der Waals surface area contributed by atoms with Crippen LogP contribution in [-0.4, -0.2) is 39.3 Å². The molecule has 0 radical (unpaired) electrons. The van der Waals surface area contributed by atoms with Crippen LogP contribution in [0.4, 0.5) is 5.82 Å². The number of aliphatic hydroxyl groups excluding tert-OH is 1. The number of aromatic nitrogens is 3. The van der Waals surface area contributed by atoms with Crippen molar-refractivity contribution in [3.8, 4) is 23.2 Å². The van der Waals surface area contributed by atoms with Gasteiger partial charge in [-0.05, 0) is 30.5 Å². The zero-order valence-corrected chi connectivity index (χ0v) is 18.5. The average molecular weight is 444 g/mol. The summed E-state index contributed by atoms with van der Waals surface area (Å²) < 4.78 is 0.959. The first kappa shape index (κ1) is 21.9. The minimum Gasteiger partial charge on any atom is -0.396 e. The molecule has 4 aromatic rings. The fourth-order valence-electron chi connectivity index (χ4n) is 3.30. The van der Waals surface area contributed by atoms with Gasteiger partial charge in [0.15, 0.2) is 5.82 Å². The number of pyridine rings is 1. The molecule has 4 rings (SSSR count). The van der Waals surface area contributed by atoms with Crippen LogP contribution in [0.15, 0.2) is 60.2 Å². The van der Waals surface area contributed by atoms with E-state index in [1.807, 2.05) is 35.7 Å². The molecular weight excluding hydrogens is 418 g/mol. The molecule has 1 aromatic carbocycles. The predicted molar refractivity (Wildman–Crippen MR) is 130 cm³/mol. The molecule has 0 amide bonds. The maximum absolute atomic E-state index is 8.98. The maximum Gasteiger partial charge on any atom is 0.162 e. The highest BCUT2D eigenvalue weighted by Crippen LogP contribution is 2.32. The maximum atomic E-state index is 8.98. The first-order chi connectivity index (χ1) is 15.7. The summed E-state index contributed by atoms with van der Waals surface area (Å²) in [5.41, 5.74) is 10.2. The smallest absolute Gasteiger partial charge is 0.162 e. The van der Waals surface area contributed by atoms with Crippen molar-refractivity contribution in [1.82, 2.24) is 15.0 Å². The monoisotopic (exact) mass is 443 g/mol. The lowest BCUT2D eigenvalue weighted by atomic mass is 10.1.